The molecular weight excluding hydrogens is 260 g/mol. The second kappa shape index (κ2) is 14.2. The molecule has 0 aromatic carbocycles. The lowest BCUT2D eigenvalue weighted by atomic mass is 9.92. The standard InChI is InChI=1S/C19H36O2/c1-5-7-11-14-18(6-2)15-12-9-8-10-13-16-21-19(20)17(3)4/h18H,3,5-16H2,1-2,4H3. The van der Waals surface area contributed by atoms with Crippen molar-refractivity contribution in [3.05, 3.63) is 12.2 Å². The summed E-state index contributed by atoms with van der Waals surface area (Å²) in [6.07, 6.45) is 14.3. The Morgan fingerprint density at radius 3 is 2.10 bits per heavy atom. The molecule has 0 aliphatic heterocycles. The van der Waals surface area contributed by atoms with Crippen molar-refractivity contribution in [2.45, 2.75) is 91.4 Å². The van der Waals surface area contributed by atoms with Crippen molar-refractivity contribution in [2.75, 3.05) is 6.61 Å². The average molecular weight is 296 g/mol. The van der Waals surface area contributed by atoms with Gasteiger partial charge in [0.25, 0.3) is 0 Å². The summed E-state index contributed by atoms with van der Waals surface area (Å²) >= 11 is 0. The third-order valence-corrected chi connectivity index (χ3v) is 4.13. The summed E-state index contributed by atoms with van der Waals surface area (Å²) in [5.41, 5.74) is 0.490. The molecule has 0 saturated carbocycles. The SMILES string of the molecule is C=C(C)C(=O)OCCCCCCCC(CC)CCCCC. The Morgan fingerprint density at radius 1 is 0.952 bits per heavy atom. The molecule has 1 unspecified atom stereocenters. The highest BCUT2D eigenvalue weighted by atomic mass is 16.5. The summed E-state index contributed by atoms with van der Waals surface area (Å²) in [5.74, 6) is 0.681. The Balaban J connectivity index is 3.37. The smallest absolute Gasteiger partial charge is 0.333 e. The van der Waals surface area contributed by atoms with Crippen LogP contribution < -0.4 is 0 Å². The van der Waals surface area contributed by atoms with Crippen LogP contribution in [0.3, 0.4) is 0 Å². The molecule has 1 atom stereocenters. The molecule has 124 valence electrons. The highest BCUT2D eigenvalue weighted by molar-refractivity contribution is 5.86. The van der Waals surface area contributed by atoms with Crippen molar-refractivity contribution in [2.24, 2.45) is 5.92 Å². The summed E-state index contributed by atoms with van der Waals surface area (Å²) in [6.45, 7) is 10.4. The van der Waals surface area contributed by atoms with E-state index in [9.17, 15) is 4.79 Å². The van der Waals surface area contributed by atoms with Crippen molar-refractivity contribution in [3.63, 3.8) is 0 Å². The molecule has 0 radical (unpaired) electrons. The number of carbonyl (C=O) groups excluding carboxylic acids is 1. The monoisotopic (exact) mass is 296 g/mol. The van der Waals surface area contributed by atoms with Gasteiger partial charge in [0.15, 0.2) is 0 Å². The van der Waals surface area contributed by atoms with Crippen LogP contribution >= 0.6 is 0 Å². The Hall–Kier alpha value is -0.790. The fraction of sp³-hybridized carbons (Fsp3) is 0.842. The number of hydrogen-bond donors (Lipinski definition) is 0. The average Bonchev–Trinajstić information content (AvgIpc) is 2.47. The fourth-order valence-corrected chi connectivity index (χ4v) is 2.59. The van der Waals surface area contributed by atoms with Gasteiger partial charge >= 0.3 is 5.97 Å². The number of esters is 1. The first-order chi connectivity index (χ1) is 10.1. The summed E-state index contributed by atoms with van der Waals surface area (Å²) in [4.78, 5) is 11.2. The minimum absolute atomic E-state index is 0.257. The van der Waals surface area contributed by atoms with Gasteiger partial charge in [-0.1, -0.05) is 84.6 Å². The summed E-state index contributed by atoms with van der Waals surface area (Å²) in [6, 6.07) is 0. The maximum absolute atomic E-state index is 11.2. The molecule has 0 amide bonds. The van der Waals surface area contributed by atoms with E-state index in [2.05, 4.69) is 20.4 Å². The molecule has 0 bridgehead atoms. The van der Waals surface area contributed by atoms with Gasteiger partial charge in [-0.2, -0.15) is 0 Å². The van der Waals surface area contributed by atoms with E-state index in [1.807, 2.05) is 0 Å². The van der Waals surface area contributed by atoms with Gasteiger partial charge in [0, 0.05) is 5.57 Å². The fourth-order valence-electron chi connectivity index (χ4n) is 2.59. The van der Waals surface area contributed by atoms with E-state index < -0.39 is 0 Å². The van der Waals surface area contributed by atoms with Gasteiger partial charge in [-0.3, -0.25) is 0 Å². The van der Waals surface area contributed by atoms with Gasteiger partial charge in [0.2, 0.25) is 0 Å². The van der Waals surface area contributed by atoms with Gasteiger partial charge in [0.1, 0.15) is 0 Å². The van der Waals surface area contributed by atoms with Crippen LogP contribution in [0.15, 0.2) is 12.2 Å². The quantitative estimate of drug-likeness (QED) is 0.221. The highest BCUT2D eigenvalue weighted by Crippen LogP contribution is 2.20. The molecule has 0 aromatic rings. The lowest BCUT2D eigenvalue weighted by Crippen LogP contribution is -2.06. The predicted molar refractivity (Wildman–Crippen MR) is 91.4 cm³/mol. The van der Waals surface area contributed by atoms with Crippen LogP contribution in [-0.2, 0) is 9.53 Å². The lowest BCUT2D eigenvalue weighted by Gasteiger charge is -2.14. The number of hydrogen-bond acceptors (Lipinski definition) is 2. The van der Waals surface area contributed by atoms with E-state index in [0.29, 0.717) is 12.2 Å². The normalized spacial score (nSPS) is 12.1. The summed E-state index contributed by atoms with van der Waals surface area (Å²) < 4.78 is 5.08. The third kappa shape index (κ3) is 12.6. The third-order valence-electron chi connectivity index (χ3n) is 4.13. The Morgan fingerprint density at radius 2 is 1.52 bits per heavy atom. The van der Waals surface area contributed by atoms with E-state index in [-0.39, 0.29) is 5.97 Å². The molecule has 0 saturated heterocycles. The first kappa shape index (κ1) is 20.2. The van der Waals surface area contributed by atoms with Gasteiger partial charge in [-0.05, 0) is 19.3 Å². The number of carbonyl (C=O) groups is 1. The number of ether oxygens (including phenoxy) is 1. The molecule has 0 aliphatic carbocycles. The minimum Gasteiger partial charge on any atom is -0.462 e. The van der Waals surface area contributed by atoms with Crippen molar-refractivity contribution >= 4 is 5.97 Å². The van der Waals surface area contributed by atoms with Crippen LogP contribution in [0.4, 0.5) is 0 Å². The highest BCUT2D eigenvalue weighted by Gasteiger charge is 2.05. The minimum atomic E-state index is -0.257. The van der Waals surface area contributed by atoms with Gasteiger partial charge < -0.3 is 4.74 Å². The van der Waals surface area contributed by atoms with Crippen LogP contribution in [0.1, 0.15) is 91.4 Å². The Kier molecular flexibility index (Phi) is 13.6. The first-order valence-corrected chi connectivity index (χ1v) is 8.94. The van der Waals surface area contributed by atoms with E-state index in [1.165, 1.54) is 57.8 Å². The molecule has 0 spiro atoms. The second-order valence-electron chi connectivity index (χ2n) is 6.24. The topological polar surface area (TPSA) is 26.3 Å². The van der Waals surface area contributed by atoms with Crippen molar-refractivity contribution in [1.82, 2.24) is 0 Å². The molecule has 0 aromatic heterocycles. The molecule has 0 heterocycles. The molecule has 21 heavy (non-hydrogen) atoms. The molecule has 2 nitrogen and oxygen atoms in total. The number of unbranched alkanes of at least 4 members (excludes halogenated alkanes) is 6. The molecule has 0 fully saturated rings. The van der Waals surface area contributed by atoms with Crippen LogP contribution in [-0.4, -0.2) is 12.6 Å². The zero-order chi connectivity index (χ0) is 15.9. The molecule has 0 aliphatic rings. The lowest BCUT2D eigenvalue weighted by molar-refractivity contribution is -0.139. The van der Waals surface area contributed by atoms with Crippen molar-refractivity contribution in [3.8, 4) is 0 Å². The second-order valence-corrected chi connectivity index (χ2v) is 6.24. The Labute approximate surface area is 132 Å². The van der Waals surface area contributed by atoms with Crippen LogP contribution in [0, 0.1) is 5.92 Å². The van der Waals surface area contributed by atoms with E-state index in [0.717, 1.165) is 18.8 Å². The molecule has 0 rings (SSSR count). The summed E-state index contributed by atoms with van der Waals surface area (Å²) in [5, 5.41) is 0. The zero-order valence-electron chi connectivity index (χ0n) is 14.6. The largest absolute Gasteiger partial charge is 0.462 e. The maximum atomic E-state index is 11.2. The predicted octanol–water partition coefficient (Wildman–Crippen LogP) is 6.05. The molecule has 2 heteroatoms. The van der Waals surface area contributed by atoms with Crippen LogP contribution in [0.2, 0.25) is 0 Å². The molecule has 0 N–H and O–H groups in total. The molecular formula is C19H36O2. The van der Waals surface area contributed by atoms with Gasteiger partial charge in [0.05, 0.1) is 6.61 Å². The maximum Gasteiger partial charge on any atom is 0.333 e. The van der Waals surface area contributed by atoms with E-state index in [4.69, 9.17) is 4.74 Å². The van der Waals surface area contributed by atoms with Crippen LogP contribution in [0.5, 0.6) is 0 Å². The van der Waals surface area contributed by atoms with Crippen molar-refractivity contribution < 1.29 is 9.53 Å². The van der Waals surface area contributed by atoms with Gasteiger partial charge in [-0.15, -0.1) is 0 Å². The van der Waals surface area contributed by atoms with E-state index in [1.54, 1.807) is 6.92 Å². The van der Waals surface area contributed by atoms with Crippen molar-refractivity contribution in [1.29, 1.82) is 0 Å². The van der Waals surface area contributed by atoms with Gasteiger partial charge in [-0.25, -0.2) is 4.79 Å². The first-order valence-electron chi connectivity index (χ1n) is 8.94. The zero-order valence-corrected chi connectivity index (χ0v) is 14.6. The summed E-state index contributed by atoms with van der Waals surface area (Å²) in [7, 11) is 0. The number of rotatable bonds is 14. The Bertz CT molecular complexity index is 271. The van der Waals surface area contributed by atoms with Crippen LogP contribution in [0.25, 0.3) is 0 Å². The van der Waals surface area contributed by atoms with E-state index >= 15 is 0 Å².